The Morgan fingerprint density at radius 1 is 0.273 bits per heavy atom. The van der Waals surface area contributed by atoms with Crippen molar-refractivity contribution < 1.29 is 28.6 Å². The first kappa shape index (κ1) is 73.6. The van der Waals surface area contributed by atoms with E-state index in [2.05, 4.69) is 106 Å². The summed E-state index contributed by atoms with van der Waals surface area (Å²) in [5, 5.41) is 0. The zero-order valence-electron chi connectivity index (χ0n) is 51.0. The van der Waals surface area contributed by atoms with Crippen LogP contribution in [0.5, 0.6) is 0 Å². The van der Waals surface area contributed by atoms with E-state index >= 15 is 0 Å². The maximum atomic E-state index is 12.9. The summed E-state index contributed by atoms with van der Waals surface area (Å²) in [6.45, 7) is 6.54. The van der Waals surface area contributed by atoms with Gasteiger partial charge in [0.25, 0.3) is 0 Å². The molecule has 0 saturated carbocycles. The molecule has 6 heteroatoms. The smallest absolute Gasteiger partial charge is 0.306 e. The molecule has 0 aromatic carbocycles. The lowest BCUT2D eigenvalue weighted by molar-refractivity contribution is -0.167. The van der Waals surface area contributed by atoms with Crippen LogP contribution in [0.25, 0.3) is 0 Å². The zero-order chi connectivity index (χ0) is 55.7. The van der Waals surface area contributed by atoms with Crippen molar-refractivity contribution in [1.29, 1.82) is 0 Å². The Labute approximate surface area is 477 Å². The fourth-order valence-electron chi connectivity index (χ4n) is 9.48. The van der Waals surface area contributed by atoms with E-state index in [1.165, 1.54) is 186 Å². The highest BCUT2D eigenvalue weighted by atomic mass is 16.6. The van der Waals surface area contributed by atoms with Crippen LogP contribution in [-0.4, -0.2) is 37.2 Å². The minimum Gasteiger partial charge on any atom is -0.462 e. The monoisotopic (exact) mass is 1070 g/mol. The minimum atomic E-state index is -0.770. The second-order valence-electron chi connectivity index (χ2n) is 22.0. The molecule has 0 aliphatic rings. The fraction of sp³-hybridized carbons (Fsp3) is 0.761. The average molecular weight is 1070 g/mol. The van der Waals surface area contributed by atoms with E-state index in [1.807, 2.05) is 0 Å². The lowest BCUT2D eigenvalue weighted by atomic mass is 10.0. The zero-order valence-corrected chi connectivity index (χ0v) is 51.0. The van der Waals surface area contributed by atoms with Crippen molar-refractivity contribution in [3.8, 4) is 0 Å². The van der Waals surface area contributed by atoms with Crippen LogP contribution in [0.3, 0.4) is 0 Å². The van der Waals surface area contributed by atoms with Gasteiger partial charge < -0.3 is 14.2 Å². The van der Waals surface area contributed by atoms with Gasteiger partial charge in [0.2, 0.25) is 0 Å². The Kier molecular flexibility index (Phi) is 62.2. The predicted octanol–water partition coefficient (Wildman–Crippen LogP) is 22.7. The summed E-state index contributed by atoms with van der Waals surface area (Å²) >= 11 is 0. The molecule has 0 spiro atoms. The summed E-state index contributed by atoms with van der Waals surface area (Å²) in [6, 6.07) is 0. The molecule has 0 rings (SSSR count). The van der Waals surface area contributed by atoms with Gasteiger partial charge in [0, 0.05) is 19.3 Å². The summed E-state index contributed by atoms with van der Waals surface area (Å²) < 4.78 is 16.9. The molecule has 0 aromatic heterocycles. The number of hydrogen-bond acceptors (Lipinski definition) is 6. The van der Waals surface area contributed by atoms with Crippen LogP contribution in [0.4, 0.5) is 0 Å². The van der Waals surface area contributed by atoms with E-state index in [0.717, 1.165) is 103 Å². The second-order valence-corrected chi connectivity index (χ2v) is 22.0. The number of ether oxygens (including phenoxy) is 3. The maximum absolute atomic E-state index is 12.9. The molecule has 0 bridgehead atoms. The van der Waals surface area contributed by atoms with Crippen molar-refractivity contribution in [2.75, 3.05) is 13.2 Å². The van der Waals surface area contributed by atoms with Crippen LogP contribution >= 0.6 is 0 Å². The van der Waals surface area contributed by atoms with Crippen molar-refractivity contribution in [2.45, 2.75) is 335 Å². The number of rotatable bonds is 60. The largest absolute Gasteiger partial charge is 0.462 e. The first-order chi connectivity index (χ1) is 38.0. The molecule has 1 atom stereocenters. The lowest BCUT2D eigenvalue weighted by Gasteiger charge is -2.18. The number of allylic oxidation sites excluding steroid dienone is 14. The molecule has 0 aliphatic heterocycles. The van der Waals surface area contributed by atoms with E-state index < -0.39 is 6.10 Å². The van der Waals surface area contributed by atoms with Gasteiger partial charge in [-0.25, -0.2) is 0 Å². The summed E-state index contributed by atoms with van der Waals surface area (Å²) in [4.78, 5) is 38.1. The number of carbonyl (C=O) groups excluding carboxylic acids is 3. The van der Waals surface area contributed by atoms with Gasteiger partial charge in [-0.15, -0.1) is 0 Å². The quantitative estimate of drug-likeness (QED) is 0.0261. The van der Waals surface area contributed by atoms with Gasteiger partial charge in [-0.3, -0.25) is 14.4 Å². The molecule has 0 heterocycles. The van der Waals surface area contributed by atoms with Crippen molar-refractivity contribution in [1.82, 2.24) is 0 Å². The summed E-state index contributed by atoms with van der Waals surface area (Å²) in [7, 11) is 0. The van der Waals surface area contributed by atoms with Crippen LogP contribution in [-0.2, 0) is 28.6 Å². The molecule has 0 saturated heterocycles. The molecular formula is C71H124O6. The van der Waals surface area contributed by atoms with Gasteiger partial charge in [-0.05, 0) is 77.0 Å². The summed E-state index contributed by atoms with van der Waals surface area (Å²) in [6.07, 6.45) is 86.1. The van der Waals surface area contributed by atoms with Gasteiger partial charge in [0.15, 0.2) is 6.10 Å². The molecular weight excluding hydrogens is 949 g/mol. The highest BCUT2D eigenvalue weighted by Crippen LogP contribution is 2.17. The Balaban J connectivity index is 4.07. The molecule has 0 fully saturated rings. The van der Waals surface area contributed by atoms with E-state index in [1.54, 1.807) is 0 Å². The van der Waals surface area contributed by atoms with Crippen LogP contribution in [0.2, 0.25) is 0 Å². The first-order valence-electron chi connectivity index (χ1n) is 33.1. The molecule has 0 aromatic rings. The van der Waals surface area contributed by atoms with Crippen LogP contribution < -0.4 is 0 Å². The second kappa shape index (κ2) is 65.1. The van der Waals surface area contributed by atoms with E-state index in [-0.39, 0.29) is 31.1 Å². The van der Waals surface area contributed by atoms with Gasteiger partial charge >= 0.3 is 17.9 Å². The normalized spacial score (nSPS) is 12.6. The van der Waals surface area contributed by atoms with E-state index in [4.69, 9.17) is 14.2 Å². The molecule has 444 valence electrons. The van der Waals surface area contributed by atoms with E-state index in [0.29, 0.717) is 19.3 Å². The maximum Gasteiger partial charge on any atom is 0.306 e. The van der Waals surface area contributed by atoms with Crippen molar-refractivity contribution in [3.63, 3.8) is 0 Å². The van der Waals surface area contributed by atoms with E-state index in [9.17, 15) is 14.4 Å². The van der Waals surface area contributed by atoms with Crippen LogP contribution in [0.1, 0.15) is 329 Å². The average Bonchev–Trinajstić information content (AvgIpc) is 3.43. The number of hydrogen-bond donors (Lipinski definition) is 0. The summed E-state index contributed by atoms with van der Waals surface area (Å²) in [5.41, 5.74) is 0. The fourth-order valence-corrected chi connectivity index (χ4v) is 9.48. The Morgan fingerprint density at radius 3 is 0.792 bits per heavy atom. The Morgan fingerprint density at radius 2 is 0.506 bits per heavy atom. The Hall–Kier alpha value is -3.41. The standard InChI is InChI=1S/C71H124O6/c1-4-7-10-13-16-19-21-23-25-26-27-28-29-30-31-32-33-34-35-36-37-38-39-40-41-42-43-44-46-47-49-52-55-58-61-64-70(73)76-67-68(66-75-69(72)63-60-57-54-51-18-15-12-9-6-3)77-71(74)65-62-59-56-53-50-48-45-24-22-20-17-14-11-8-5-2/h7,10,16,19,23,25,27-28,30-31,33-34,36-37,68H,4-6,8-9,11-15,17-18,20-22,24,26,29,32,35,38-67H2,1-3H3/b10-7-,19-16-,25-23-,28-27-,31-30-,34-33-,37-36-. The molecule has 77 heavy (non-hydrogen) atoms. The first-order valence-corrected chi connectivity index (χ1v) is 33.1. The van der Waals surface area contributed by atoms with Crippen LogP contribution in [0, 0.1) is 0 Å². The third kappa shape index (κ3) is 63.3. The van der Waals surface area contributed by atoms with Crippen molar-refractivity contribution in [3.05, 3.63) is 85.1 Å². The molecule has 0 aliphatic carbocycles. The van der Waals surface area contributed by atoms with Gasteiger partial charge in [-0.2, -0.15) is 0 Å². The highest BCUT2D eigenvalue weighted by Gasteiger charge is 2.19. The molecule has 6 nitrogen and oxygen atoms in total. The number of carbonyl (C=O) groups is 3. The van der Waals surface area contributed by atoms with Crippen molar-refractivity contribution in [2.24, 2.45) is 0 Å². The highest BCUT2D eigenvalue weighted by molar-refractivity contribution is 5.71. The van der Waals surface area contributed by atoms with Gasteiger partial charge in [0.05, 0.1) is 0 Å². The molecule has 1 unspecified atom stereocenters. The summed E-state index contributed by atoms with van der Waals surface area (Å²) in [5.74, 6) is -0.858. The number of unbranched alkanes of at least 4 members (excludes halogenated alkanes) is 35. The predicted molar refractivity (Wildman–Crippen MR) is 334 cm³/mol. The third-order valence-electron chi connectivity index (χ3n) is 14.4. The molecule has 0 amide bonds. The molecule has 0 N–H and O–H groups in total. The van der Waals surface area contributed by atoms with Gasteiger partial charge in [-0.1, -0.05) is 318 Å². The topological polar surface area (TPSA) is 78.9 Å². The number of esters is 3. The third-order valence-corrected chi connectivity index (χ3v) is 14.4. The lowest BCUT2D eigenvalue weighted by Crippen LogP contribution is -2.30. The molecule has 0 radical (unpaired) electrons. The SMILES string of the molecule is CC/C=C\C/C=C\C/C=C\C/C=C\C/C=C\C/C=C\C/C=C\CCCCCCCCCCCCCCCC(=O)OCC(COC(=O)CCCCCCCCCCC)OC(=O)CCCCCCCCCCCCCCCCC. The Bertz CT molecular complexity index is 1470. The van der Waals surface area contributed by atoms with Gasteiger partial charge in [0.1, 0.15) is 13.2 Å². The van der Waals surface area contributed by atoms with Crippen LogP contribution in [0.15, 0.2) is 85.1 Å². The van der Waals surface area contributed by atoms with Crippen molar-refractivity contribution >= 4 is 17.9 Å². The minimum absolute atomic E-state index is 0.0702.